The van der Waals surface area contributed by atoms with Crippen LogP contribution in [0.5, 0.6) is 0 Å². The molecule has 1 amide bonds. The van der Waals surface area contributed by atoms with Crippen molar-refractivity contribution in [2.75, 3.05) is 19.6 Å². The molecule has 1 aromatic heterocycles. The third kappa shape index (κ3) is 4.54. The second kappa shape index (κ2) is 7.56. The van der Waals surface area contributed by atoms with Crippen LogP contribution in [0.4, 0.5) is 0 Å². The van der Waals surface area contributed by atoms with E-state index < -0.39 is 0 Å². The summed E-state index contributed by atoms with van der Waals surface area (Å²) < 4.78 is 1.87. The Morgan fingerprint density at radius 1 is 1.52 bits per heavy atom. The van der Waals surface area contributed by atoms with Gasteiger partial charge in [0.05, 0.1) is 5.69 Å². The first kappa shape index (κ1) is 16.0. The Kier molecular flexibility index (Phi) is 5.76. The summed E-state index contributed by atoms with van der Waals surface area (Å²) in [5.41, 5.74) is 7.77. The molecule has 2 rings (SSSR count). The Morgan fingerprint density at radius 3 is 3.00 bits per heavy atom. The van der Waals surface area contributed by atoms with E-state index in [1.165, 1.54) is 18.4 Å². The molecule has 0 bridgehead atoms. The average molecular weight is 293 g/mol. The van der Waals surface area contributed by atoms with Gasteiger partial charge < -0.3 is 11.1 Å². The summed E-state index contributed by atoms with van der Waals surface area (Å²) in [6, 6.07) is 0.417. The van der Waals surface area contributed by atoms with Crippen LogP contribution in [0.3, 0.4) is 0 Å². The number of nitrogens with two attached hydrogens (primary N) is 1. The molecule has 0 radical (unpaired) electrons. The van der Waals surface area contributed by atoms with Crippen molar-refractivity contribution in [3.05, 3.63) is 17.5 Å². The van der Waals surface area contributed by atoms with Crippen molar-refractivity contribution in [2.45, 2.75) is 45.2 Å². The van der Waals surface area contributed by atoms with Gasteiger partial charge in [0.25, 0.3) is 0 Å². The topological polar surface area (TPSA) is 76.2 Å². The first-order valence-corrected chi connectivity index (χ1v) is 7.80. The van der Waals surface area contributed by atoms with E-state index in [1.54, 1.807) is 0 Å². The fraction of sp³-hybridized carbons (Fsp3) is 0.733. The first-order valence-electron chi connectivity index (χ1n) is 7.80. The summed E-state index contributed by atoms with van der Waals surface area (Å²) in [6.45, 7) is 5.19. The molecule has 1 atom stereocenters. The van der Waals surface area contributed by atoms with Gasteiger partial charge in [0, 0.05) is 50.9 Å². The summed E-state index contributed by atoms with van der Waals surface area (Å²) in [7, 11) is 1.96. The van der Waals surface area contributed by atoms with E-state index in [4.69, 9.17) is 5.73 Å². The standard InChI is InChI=1S/C15H27N5O/c1-12-13(10-19(2)18-12)11-20-8-4-3-5-14(20)9-17-15(21)6-7-16/h10,14H,3-9,11,16H2,1-2H3,(H,17,21). The molecule has 21 heavy (non-hydrogen) atoms. The molecule has 1 saturated heterocycles. The molecule has 6 nitrogen and oxygen atoms in total. The molecule has 6 heteroatoms. The van der Waals surface area contributed by atoms with Crippen molar-refractivity contribution in [3.63, 3.8) is 0 Å². The maximum Gasteiger partial charge on any atom is 0.221 e. The summed E-state index contributed by atoms with van der Waals surface area (Å²) in [6.07, 6.45) is 6.11. The largest absolute Gasteiger partial charge is 0.354 e. The van der Waals surface area contributed by atoms with E-state index in [0.717, 1.165) is 31.7 Å². The number of carbonyl (C=O) groups is 1. The normalized spacial score (nSPS) is 19.7. The maximum absolute atomic E-state index is 11.6. The van der Waals surface area contributed by atoms with Crippen LogP contribution in [0.1, 0.15) is 36.9 Å². The number of piperidine rings is 1. The zero-order valence-electron chi connectivity index (χ0n) is 13.1. The highest BCUT2D eigenvalue weighted by Crippen LogP contribution is 2.20. The number of aromatic nitrogens is 2. The summed E-state index contributed by atoms with van der Waals surface area (Å²) in [5.74, 6) is 0.0561. The number of carbonyl (C=O) groups excluding carboxylic acids is 1. The molecule has 1 fully saturated rings. The highest BCUT2D eigenvalue weighted by atomic mass is 16.1. The average Bonchev–Trinajstić information content (AvgIpc) is 2.76. The Balaban J connectivity index is 1.92. The second-order valence-electron chi connectivity index (χ2n) is 5.88. The van der Waals surface area contributed by atoms with Crippen LogP contribution < -0.4 is 11.1 Å². The first-order chi connectivity index (χ1) is 10.1. The third-order valence-corrected chi connectivity index (χ3v) is 4.14. The monoisotopic (exact) mass is 293 g/mol. The number of amides is 1. The Bertz CT molecular complexity index is 471. The van der Waals surface area contributed by atoms with Crippen LogP contribution in [-0.2, 0) is 18.4 Å². The molecule has 1 aliphatic heterocycles. The van der Waals surface area contributed by atoms with E-state index in [0.29, 0.717) is 19.0 Å². The van der Waals surface area contributed by atoms with Crippen LogP contribution in [0.15, 0.2) is 6.20 Å². The smallest absolute Gasteiger partial charge is 0.221 e. The van der Waals surface area contributed by atoms with E-state index in [1.807, 2.05) is 11.7 Å². The van der Waals surface area contributed by atoms with Gasteiger partial charge in [-0.3, -0.25) is 14.4 Å². The van der Waals surface area contributed by atoms with Crippen LogP contribution in [0, 0.1) is 6.92 Å². The number of likely N-dealkylation sites (tertiary alicyclic amines) is 1. The molecule has 118 valence electrons. The highest BCUT2D eigenvalue weighted by molar-refractivity contribution is 5.76. The molecule has 2 heterocycles. The highest BCUT2D eigenvalue weighted by Gasteiger charge is 2.23. The Hall–Kier alpha value is -1.40. The van der Waals surface area contributed by atoms with Gasteiger partial charge in [-0.2, -0.15) is 5.10 Å². The number of nitrogens with one attached hydrogen (secondary N) is 1. The second-order valence-corrected chi connectivity index (χ2v) is 5.88. The molecule has 0 spiro atoms. The number of rotatable bonds is 6. The van der Waals surface area contributed by atoms with E-state index in [-0.39, 0.29) is 5.91 Å². The predicted molar refractivity (Wildman–Crippen MR) is 82.7 cm³/mol. The van der Waals surface area contributed by atoms with Crippen molar-refractivity contribution in [1.82, 2.24) is 20.0 Å². The number of aryl methyl sites for hydroxylation is 2. The van der Waals surface area contributed by atoms with Crippen molar-refractivity contribution in [1.29, 1.82) is 0 Å². The van der Waals surface area contributed by atoms with Gasteiger partial charge in [-0.1, -0.05) is 6.42 Å². The fourth-order valence-electron chi connectivity index (χ4n) is 2.97. The van der Waals surface area contributed by atoms with E-state index in [9.17, 15) is 4.79 Å². The molecule has 0 aliphatic carbocycles. The van der Waals surface area contributed by atoms with Crippen LogP contribution in [0.25, 0.3) is 0 Å². The summed E-state index contributed by atoms with van der Waals surface area (Å²) in [5, 5.41) is 7.41. The van der Waals surface area contributed by atoms with Crippen molar-refractivity contribution >= 4 is 5.91 Å². The molecule has 3 N–H and O–H groups in total. The molecule has 0 aromatic carbocycles. The van der Waals surface area contributed by atoms with Crippen LogP contribution in [0.2, 0.25) is 0 Å². The number of hydrogen-bond acceptors (Lipinski definition) is 4. The SMILES string of the molecule is Cc1nn(C)cc1CN1CCCCC1CNC(=O)CCN. The molecule has 1 aromatic rings. The fourth-order valence-corrected chi connectivity index (χ4v) is 2.97. The number of nitrogens with zero attached hydrogens (tertiary/aromatic N) is 3. The maximum atomic E-state index is 11.6. The van der Waals surface area contributed by atoms with Crippen molar-refractivity contribution in [2.24, 2.45) is 12.8 Å². The van der Waals surface area contributed by atoms with Gasteiger partial charge in [-0.05, 0) is 26.3 Å². The third-order valence-electron chi connectivity index (χ3n) is 4.14. The van der Waals surface area contributed by atoms with Gasteiger partial charge in [0.15, 0.2) is 0 Å². The lowest BCUT2D eigenvalue weighted by molar-refractivity contribution is -0.121. The lowest BCUT2D eigenvalue weighted by atomic mass is 10.0. The molecule has 1 aliphatic rings. The van der Waals surface area contributed by atoms with E-state index >= 15 is 0 Å². The number of hydrogen-bond donors (Lipinski definition) is 2. The molecule has 0 saturated carbocycles. The molecular weight excluding hydrogens is 266 g/mol. The van der Waals surface area contributed by atoms with Gasteiger partial charge in [-0.15, -0.1) is 0 Å². The summed E-state index contributed by atoms with van der Waals surface area (Å²) in [4.78, 5) is 14.1. The van der Waals surface area contributed by atoms with Crippen LogP contribution >= 0.6 is 0 Å². The van der Waals surface area contributed by atoms with Crippen molar-refractivity contribution < 1.29 is 4.79 Å². The zero-order chi connectivity index (χ0) is 15.2. The van der Waals surface area contributed by atoms with Gasteiger partial charge in [0.1, 0.15) is 0 Å². The van der Waals surface area contributed by atoms with Gasteiger partial charge >= 0.3 is 0 Å². The minimum Gasteiger partial charge on any atom is -0.354 e. The van der Waals surface area contributed by atoms with Gasteiger partial charge in [-0.25, -0.2) is 0 Å². The van der Waals surface area contributed by atoms with E-state index in [2.05, 4.69) is 28.4 Å². The quantitative estimate of drug-likeness (QED) is 0.803. The summed E-state index contributed by atoms with van der Waals surface area (Å²) >= 11 is 0. The molecular formula is C15H27N5O. The minimum absolute atomic E-state index is 0.0561. The lowest BCUT2D eigenvalue weighted by Crippen LogP contribution is -2.46. The van der Waals surface area contributed by atoms with Crippen molar-refractivity contribution in [3.8, 4) is 0 Å². The van der Waals surface area contributed by atoms with Gasteiger partial charge in [0.2, 0.25) is 5.91 Å². The van der Waals surface area contributed by atoms with Crippen LogP contribution in [-0.4, -0.2) is 46.3 Å². The Morgan fingerprint density at radius 2 is 2.33 bits per heavy atom. The molecule has 1 unspecified atom stereocenters. The predicted octanol–water partition coefficient (Wildman–Crippen LogP) is 0.548. The Labute approximate surface area is 126 Å². The zero-order valence-corrected chi connectivity index (χ0v) is 13.1. The lowest BCUT2D eigenvalue weighted by Gasteiger charge is -2.35. The minimum atomic E-state index is 0.0561.